The summed E-state index contributed by atoms with van der Waals surface area (Å²) in [6.07, 6.45) is 1.58. The molecule has 1 atom stereocenters. The number of furan rings is 1. The summed E-state index contributed by atoms with van der Waals surface area (Å²) >= 11 is 0. The van der Waals surface area contributed by atoms with Gasteiger partial charge in [0.05, 0.1) is 32.1 Å². The van der Waals surface area contributed by atoms with Crippen molar-refractivity contribution in [2.24, 2.45) is 0 Å². The largest absolute Gasteiger partial charge is 0.490 e. The zero-order chi connectivity index (χ0) is 18.2. The smallest absolute Gasteiger partial charge is 0.252 e. The number of nitrogens with one attached hydrogen (secondary N) is 1. The fourth-order valence-electron chi connectivity index (χ4n) is 2.41. The average molecular weight is 347 g/mol. The fourth-order valence-corrected chi connectivity index (χ4v) is 2.41. The minimum Gasteiger partial charge on any atom is -0.490 e. The van der Waals surface area contributed by atoms with E-state index in [9.17, 15) is 4.79 Å². The predicted molar refractivity (Wildman–Crippen MR) is 94.5 cm³/mol. The average Bonchev–Trinajstić information content (AvgIpc) is 3.12. The van der Waals surface area contributed by atoms with Crippen LogP contribution in [-0.2, 0) is 0 Å². The second-order valence-electron chi connectivity index (χ2n) is 5.31. The second-order valence-corrected chi connectivity index (χ2v) is 5.31. The molecule has 1 heterocycles. The van der Waals surface area contributed by atoms with Gasteiger partial charge in [0.2, 0.25) is 5.75 Å². The van der Waals surface area contributed by atoms with Crippen LogP contribution >= 0.6 is 0 Å². The van der Waals surface area contributed by atoms with Crippen molar-refractivity contribution in [3.8, 4) is 17.2 Å². The Morgan fingerprint density at radius 3 is 2.16 bits per heavy atom. The minimum atomic E-state index is -0.250. The van der Waals surface area contributed by atoms with Gasteiger partial charge in [-0.2, -0.15) is 0 Å². The molecule has 0 saturated carbocycles. The summed E-state index contributed by atoms with van der Waals surface area (Å²) in [5.41, 5.74) is 0.439. The molecular formula is C19H25NO5. The first-order valence-corrected chi connectivity index (χ1v) is 8.51. The summed E-state index contributed by atoms with van der Waals surface area (Å²) in [6.45, 7) is 8.89. The maximum Gasteiger partial charge on any atom is 0.252 e. The van der Waals surface area contributed by atoms with E-state index in [1.807, 2.05) is 33.8 Å². The summed E-state index contributed by atoms with van der Waals surface area (Å²) in [7, 11) is 0. The van der Waals surface area contributed by atoms with Crippen LogP contribution in [0.3, 0.4) is 0 Å². The Kier molecular flexibility index (Phi) is 6.74. The maximum absolute atomic E-state index is 12.6. The number of benzene rings is 1. The van der Waals surface area contributed by atoms with Gasteiger partial charge in [0.25, 0.3) is 5.91 Å². The van der Waals surface area contributed by atoms with Gasteiger partial charge in [-0.15, -0.1) is 0 Å². The Balaban J connectivity index is 2.30. The van der Waals surface area contributed by atoms with E-state index in [1.54, 1.807) is 24.5 Å². The van der Waals surface area contributed by atoms with E-state index in [0.717, 1.165) is 0 Å². The highest BCUT2D eigenvalue weighted by Crippen LogP contribution is 2.39. The SMILES string of the molecule is CCOc1cc(C(=O)N[C@@H](C)c2ccco2)cc(OCC)c1OCC. The normalized spacial score (nSPS) is 11.7. The molecule has 1 amide bonds. The van der Waals surface area contributed by atoms with E-state index in [-0.39, 0.29) is 11.9 Å². The van der Waals surface area contributed by atoms with Crippen LogP contribution in [0.4, 0.5) is 0 Å². The zero-order valence-corrected chi connectivity index (χ0v) is 15.1. The summed E-state index contributed by atoms with van der Waals surface area (Å²) in [5, 5.41) is 2.90. The standard InChI is InChI=1S/C19H25NO5/c1-5-22-16-11-14(12-17(23-6-2)18(16)24-7-3)19(21)20-13(4)15-9-8-10-25-15/h8-13H,5-7H2,1-4H3,(H,20,21)/t13-/m0/s1. The van der Waals surface area contributed by atoms with Crippen molar-refractivity contribution in [3.05, 3.63) is 41.9 Å². The van der Waals surface area contributed by atoms with Crippen LogP contribution in [-0.4, -0.2) is 25.7 Å². The minimum absolute atomic E-state index is 0.242. The number of hydrogen-bond acceptors (Lipinski definition) is 5. The first-order chi connectivity index (χ1) is 12.1. The molecule has 0 fully saturated rings. The van der Waals surface area contributed by atoms with E-state index in [1.165, 1.54) is 0 Å². The summed E-state index contributed by atoms with van der Waals surface area (Å²) in [6, 6.07) is 6.69. The number of rotatable bonds is 9. The lowest BCUT2D eigenvalue weighted by Crippen LogP contribution is -2.26. The van der Waals surface area contributed by atoms with Crippen molar-refractivity contribution >= 4 is 5.91 Å². The van der Waals surface area contributed by atoms with Crippen molar-refractivity contribution in [1.29, 1.82) is 0 Å². The van der Waals surface area contributed by atoms with Crippen LogP contribution in [0.2, 0.25) is 0 Å². The van der Waals surface area contributed by atoms with E-state index >= 15 is 0 Å². The van der Waals surface area contributed by atoms with Crippen molar-refractivity contribution in [2.75, 3.05) is 19.8 Å². The first kappa shape index (κ1) is 18.7. The Bertz CT molecular complexity index is 654. The predicted octanol–water partition coefficient (Wildman–Crippen LogP) is 3.97. The van der Waals surface area contributed by atoms with Gasteiger partial charge in [0.15, 0.2) is 11.5 Å². The molecule has 6 nitrogen and oxygen atoms in total. The molecule has 0 saturated heterocycles. The third kappa shape index (κ3) is 4.68. The zero-order valence-electron chi connectivity index (χ0n) is 15.1. The molecule has 0 radical (unpaired) electrons. The topological polar surface area (TPSA) is 69.9 Å². The molecule has 136 valence electrons. The molecule has 0 spiro atoms. The molecule has 25 heavy (non-hydrogen) atoms. The third-order valence-corrected chi connectivity index (χ3v) is 3.49. The van der Waals surface area contributed by atoms with Crippen molar-refractivity contribution in [1.82, 2.24) is 5.32 Å². The van der Waals surface area contributed by atoms with Crippen LogP contribution in [0.5, 0.6) is 17.2 Å². The Morgan fingerprint density at radius 2 is 1.68 bits per heavy atom. The quantitative estimate of drug-likeness (QED) is 0.743. The first-order valence-electron chi connectivity index (χ1n) is 8.51. The van der Waals surface area contributed by atoms with E-state index in [4.69, 9.17) is 18.6 Å². The molecule has 0 bridgehead atoms. The highest BCUT2D eigenvalue weighted by Gasteiger charge is 2.20. The molecular weight excluding hydrogens is 322 g/mol. The van der Waals surface area contributed by atoms with Gasteiger partial charge in [-0.05, 0) is 52.0 Å². The molecule has 0 unspecified atom stereocenters. The van der Waals surface area contributed by atoms with Crippen LogP contribution in [0.1, 0.15) is 49.9 Å². The maximum atomic E-state index is 12.6. The molecule has 0 aliphatic heterocycles. The monoisotopic (exact) mass is 347 g/mol. The number of carbonyl (C=O) groups is 1. The van der Waals surface area contributed by atoms with Gasteiger partial charge in [-0.25, -0.2) is 0 Å². The van der Waals surface area contributed by atoms with Gasteiger partial charge in [-0.1, -0.05) is 0 Å². The Labute approximate surface area is 148 Å². The summed E-state index contributed by atoms with van der Waals surface area (Å²) in [5.74, 6) is 1.95. The highest BCUT2D eigenvalue weighted by molar-refractivity contribution is 5.95. The lowest BCUT2D eigenvalue weighted by atomic mass is 10.1. The lowest BCUT2D eigenvalue weighted by molar-refractivity contribution is 0.0934. The summed E-state index contributed by atoms with van der Waals surface area (Å²) in [4.78, 5) is 12.6. The number of ether oxygens (including phenoxy) is 3. The van der Waals surface area contributed by atoms with E-state index in [2.05, 4.69) is 5.32 Å². The van der Waals surface area contributed by atoms with Gasteiger partial charge >= 0.3 is 0 Å². The molecule has 0 aliphatic rings. The van der Waals surface area contributed by atoms with Crippen molar-refractivity contribution < 1.29 is 23.4 Å². The van der Waals surface area contributed by atoms with Crippen molar-refractivity contribution in [2.45, 2.75) is 33.7 Å². The van der Waals surface area contributed by atoms with E-state index < -0.39 is 0 Å². The van der Waals surface area contributed by atoms with Crippen LogP contribution in [0, 0.1) is 0 Å². The number of hydrogen-bond donors (Lipinski definition) is 1. The fraction of sp³-hybridized carbons (Fsp3) is 0.421. The molecule has 1 aromatic carbocycles. The summed E-state index contributed by atoms with van der Waals surface area (Å²) < 4.78 is 22.3. The van der Waals surface area contributed by atoms with Gasteiger partial charge < -0.3 is 23.9 Å². The molecule has 1 aromatic heterocycles. The van der Waals surface area contributed by atoms with Crippen LogP contribution in [0.25, 0.3) is 0 Å². The molecule has 1 N–H and O–H groups in total. The number of carbonyl (C=O) groups excluding carboxylic acids is 1. The van der Waals surface area contributed by atoms with Gasteiger partial charge in [-0.3, -0.25) is 4.79 Å². The van der Waals surface area contributed by atoms with Crippen LogP contribution in [0.15, 0.2) is 34.9 Å². The number of amides is 1. The van der Waals surface area contributed by atoms with Gasteiger partial charge in [0, 0.05) is 5.56 Å². The third-order valence-electron chi connectivity index (χ3n) is 3.49. The molecule has 6 heteroatoms. The molecule has 2 aromatic rings. The van der Waals surface area contributed by atoms with Crippen molar-refractivity contribution in [3.63, 3.8) is 0 Å². The van der Waals surface area contributed by atoms with Gasteiger partial charge in [0.1, 0.15) is 5.76 Å². The molecule has 0 aliphatic carbocycles. The Hall–Kier alpha value is -2.63. The second kappa shape index (κ2) is 9.01. The highest BCUT2D eigenvalue weighted by atomic mass is 16.5. The van der Waals surface area contributed by atoms with Crippen LogP contribution < -0.4 is 19.5 Å². The Morgan fingerprint density at radius 1 is 1.08 bits per heavy atom. The lowest BCUT2D eigenvalue weighted by Gasteiger charge is -2.18. The van der Waals surface area contributed by atoms with E-state index in [0.29, 0.717) is 48.4 Å². The molecule has 2 rings (SSSR count).